The number of nitro groups is 1. The first-order chi connectivity index (χ1) is 15.9. The summed E-state index contributed by atoms with van der Waals surface area (Å²) in [6.07, 6.45) is 0.696. The summed E-state index contributed by atoms with van der Waals surface area (Å²) in [4.78, 5) is 41.4. The van der Waals surface area contributed by atoms with Gasteiger partial charge in [-0.1, -0.05) is 18.7 Å². The first-order valence-electron chi connectivity index (χ1n) is 10.00. The number of nitro benzene ring substituents is 1. The normalized spacial score (nSPS) is 14.5. The number of aromatic nitrogens is 2. The van der Waals surface area contributed by atoms with Gasteiger partial charge in [0.1, 0.15) is 5.75 Å². The van der Waals surface area contributed by atoms with Crippen molar-refractivity contribution in [2.75, 3.05) is 18.2 Å². The van der Waals surface area contributed by atoms with Gasteiger partial charge in [0.2, 0.25) is 5.91 Å². The van der Waals surface area contributed by atoms with Gasteiger partial charge in [0.15, 0.2) is 5.16 Å². The van der Waals surface area contributed by atoms with Crippen molar-refractivity contribution in [1.82, 2.24) is 9.55 Å². The second-order valence-corrected chi connectivity index (χ2v) is 9.67. The van der Waals surface area contributed by atoms with Gasteiger partial charge in [0.05, 0.1) is 34.1 Å². The smallest absolute Gasteiger partial charge is 0.272 e. The predicted molar refractivity (Wildman–Crippen MR) is 128 cm³/mol. The summed E-state index contributed by atoms with van der Waals surface area (Å²) in [5, 5.41) is 14.2. The van der Waals surface area contributed by atoms with Gasteiger partial charge >= 0.3 is 0 Å². The quantitative estimate of drug-likeness (QED) is 0.232. The first-order valence-corrected chi connectivity index (χ1v) is 11.9. The van der Waals surface area contributed by atoms with E-state index in [-0.39, 0.29) is 28.2 Å². The molecule has 1 unspecified atom stereocenters. The Morgan fingerprint density at radius 1 is 1.27 bits per heavy atom. The highest BCUT2D eigenvalue weighted by atomic mass is 32.2. The van der Waals surface area contributed by atoms with Crippen LogP contribution in [0, 0.1) is 10.1 Å². The highest BCUT2D eigenvalue weighted by molar-refractivity contribution is 8.00. The molecule has 0 radical (unpaired) electrons. The number of rotatable bonds is 7. The highest BCUT2D eigenvalue weighted by Crippen LogP contribution is 2.35. The summed E-state index contributed by atoms with van der Waals surface area (Å²) in [6, 6.07) is 12.7. The summed E-state index contributed by atoms with van der Waals surface area (Å²) in [7, 11) is 1.57. The molecular weight excluding hydrogens is 464 g/mol. The Morgan fingerprint density at radius 3 is 2.61 bits per heavy atom. The van der Waals surface area contributed by atoms with Crippen LogP contribution >= 0.6 is 23.5 Å². The Balaban J connectivity index is 1.58. The maximum Gasteiger partial charge on any atom is 0.272 e. The number of hydrogen-bond donors (Lipinski definition) is 1. The molecule has 0 aliphatic carbocycles. The molecule has 1 aliphatic heterocycles. The molecule has 9 nitrogen and oxygen atoms in total. The molecule has 1 aromatic heterocycles. The number of methoxy groups -OCH3 is 1. The SMILES string of the molecule is COc1ccc(-n2c(SCC(=O)Nc3ccc([N+](=O)[O-])cc3)nc3c(c2=O)SC(C)C3)cc1. The molecule has 0 bridgehead atoms. The monoisotopic (exact) mass is 484 g/mol. The second-order valence-electron chi connectivity index (χ2n) is 7.28. The van der Waals surface area contributed by atoms with Crippen LogP contribution < -0.4 is 15.6 Å². The molecule has 1 amide bonds. The average Bonchev–Trinajstić information content (AvgIpc) is 3.19. The Morgan fingerprint density at radius 2 is 1.97 bits per heavy atom. The number of anilines is 1. The maximum atomic E-state index is 13.3. The summed E-state index contributed by atoms with van der Waals surface area (Å²) < 4.78 is 6.73. The lowest BCUT2D eigenvalue weighted by Gasteiger charge is -2.14. The number of nitrogens with one attached hydrogen (secondary N) is 1. The van der Waals surface area contributed by atoms with Crippen molar-refractivity contribution in [3.05, 3.63) is 74.7 Å². The third-order valence-corrected chi connectivity index (χ3v) is 7.06. The summed E-state index contributed by atoms with van der Waals surface area (Å²) in [5.74, 6) is 0.370. The van der Waals surface area contributed by atoms with Gasteiger partial charge < -0.3 is 10.1 Å². The number of benzene rings is 2. The third kappa shape index (κ3) is 5.04. The zero-order valence-electron chi connectivity index (χ0n) is 17.8. The molecule has 0 fully saturated rings. The fraction of sp³-hybridized carbons (Fsp3) is 0.227. The number of non-ortho nitro benzene ring substituents is 1. The molecule has 1 N–H and O–H groups in total. The number of ether oxygens (including phenoxy) is 1. The minimum Gasteiger partial charge on any atom is -0.497 e. The molecule has 0 saturated heterocycles. The minimum atomic E-state index is -0.501. The molecule has 2 heterocycles. The van der Waals surface area contributed by atoms with E-state index in [0.29, 0.717) is 33.6 Å². The van der Waals surface area contributed by atoms with Crippen molar-refractivity contribution in [3.8, 4) is 11.4 Å². The molecule has 170 valence electrons. The average molecular weight is 485 g/mol. The van der Waals surface area contributed by atoms with Crippen LogP contribution in [0.25, 0.3) is 5.69 Å². The van der Waals surface area contributed by atoms with Crippen LogP contribution in [-0.4, -0.2) is 38.5 Å². The number of fused-ring (bicyclic) bond motifs is 1. The van der Waals surface area contributed by atoms with Gasteiger partial charge in [-0.3, -0.25) is 24.3 Å². The number of amides is 1. The standard InChI is InChI=1S/C22H20N4O5S2/c1-13-11-18-20(33-13)21(28)25(15-7-9-17(31-2)10-8-15)22(24-18)32-12-19(27)23-14-3-5-16(6-4-14)26(29)30/h3-10,13H,11-12H2,1-2H3,(H,23,27). The van der Waals surface area contributed by atoms with Gasteiger partial charge in [0.25, 0.3) is 11.2 Å². The molecule has 4 rings (SSSR count). The molecule has 0 saturated carbocycles. The lowest BCUT2D eigenvalue weighted by atomic mass is 10.2. The van der Waals surface area contributed by atoms with Crippen LogP contribution in [0.1, 0.15) is 12.6 Å². The lowest BCUT2D eigenvalue weighted by molar-refractivity contribution is -0.384. The molecule has 11 heteroatoms. The van der Waals surface area contributed by atoms with Crippen molar-refractivity contribution < 1.29 is 14.5 Å². The van der Waals surface area contributed by atoms with E-state index >= 15 is 0 Å². The molecule has 1 aliphatic rings. The van der Waals surface area contributed by atoms with E-state index in [9.17, 15) is 19.7 Å². The predicted octanol–water partition coefficient (Wildman–Crippen LogP) is 3.92. The molecule has 0 spiro atoms. The van der Waals surface area contributed by atoms with Gasteiger partial charge in [-0.05, 0) is 36.4 Å². The Bertz CT molecular complexity index is 1260. The number of thioether (sulfide) groups is 2. The fourth-order valence-electron chi connectivity index (χ4n) is 3.35. The van der Waals surface area contributed by atoms with Crippen molar-refractivity contribution in [2.24, 2.45) is 0 Å². The van der Waals surface area contributed by atoms with E-state index in [1.54, 1.807) is 31.4 Å². The molecule has 33 heavy (non-hydrogen) atoms. The van der Waals surface area contributed by atoms with E-state index in [1.165, 1.54) is 40.6 Å². The summed E-state index contributed by atoms with van der Waals surface area (Å²) in [5.41, 5.74) is 1.62. The van der Waals surface area contributed by atoms with E-state index in [0.717, 1.165) is 17.5 Å². The van der Waals surface area contributed by atoms with E-state index in [4.69, 9.17) is 9.72 Å². The van der Waals surface area contributed by atoms with E-state index in [1.807, 2.05) is 6.92 Å². The number of carbonyl (C=O) groups excluding carboxylic acids is 1. The number of hydrogen-bond acceptors (Lipinski definition) is 8. The second kappa shape index (κ2) is 9.67. The van der Waals surface area contributed by atoms with Crippen molar-refractivity contribution in [3.63, 3.8) is 0 Å². The molecular formula is C22H20N4O5S2. The van der Waals surface area contributed by atoms with Crippen molar-refractivity contribution >= 4 is 40.8 Å². The largest absolute Gasteiger partial charge is 0.497 e. The van der Waals surface area contributed by atoms with Crippen LogP contribution in [0.3, 0.4) is 0 Å². The highest BCUT2D eigenvalue weighted by Gasteiger charge is 2.27. The van der Waals surface area contributed by atoms with Crippen molar-refractivity contribution in [2.45, 2.75) is 28.6 Å². The Hall–Kier alpha value is -3.31. The van der Waals surface area contributed by atoms with Crippen LogP contribution in [0.2, 0.25) is 0 Å². The van der Waals surface area contributed by atoms with Crippen molar-refractivity contribution in [1.29, 1.82) is 0 Å². The van der Waals surface area contributed by atoms with Crippen LogP contribution in [0.15, 0.2) is 63.4 Å². The summed E-state index contributed by atoms with van der Waals surface area (Å²) in [6.45, 7) is 2.05. The van der Waals surface area contributed by atoms with E-state index < -0.39 is 4.92 Å². The minimum absolute atomic E-state index is 0.0149. The third-order valence-electron chi connectivity index (χ3n) is 4.91. The molecule has 1 atom stereocenters. The number of nitrogens with zero attached hydrogens (tertiary/aromatic N) is 3. The zero-order valence-corrected chi connectivity index (χ0v) is 19.4. The van der Waals surface area contributed by atoms with Gasteiger partial charge in [0, 0.05) is 29.5 Å². The summed E-state index contributed by atoms with van der Waals surface area (Å²) >= 11 is 2.67. The van der Waals surface area contributed by atoms with Gasteiger partial charge in [-0.15, -0.1) is 11.8 Å². The van der Waals surface area contributed by atoms with Crippen LogP contribution in [0.5, 0.6) is 5.75 Å². The maximum absolute atomic E-state index is 13.3. The van der Waals surface area contributed by atoms with Crippen LogP contribution in [0.4, 0.5) is 11.4 Å². The molecule has 2 aromatic carbocycles. The van der Waals surface area contributed by atoms with Gasteiger partial charge in [-0.25, -0.2) is 4.98 Å². The van der Waals surface area contributed by atoms with Gasteiger partial charge in [-0.2, -0.15) is 0 Å². The number of carbonyl (C=O) groups is 1. The Labute approximate surface area is 197 Å². The Kier molecular flexibility index (Phi) is 6.70. The zero-order chi connectivity index (χ0) is 23.5. The topological polar surface area (TPSA) is 116 Å². The fourth-order valence-corrected chi connectivity index (χ4v) is 5.27. The van der Waals surface area contributed by atoms with E-state index in [2.05, 4.69) is 5.32 Å². The van der Waals surface area contributed by atoms with Crippen LogP contribution in [-0.2, 0) is 11.2 Å². The lowest BCUT2D eigenvalue weighted by Crippen LogP contribution is -2.24. The molecule has 3 aromatic rings. The first kappa shape index (κ1) is 22.9.